The van der Waals surface area contributed by atoms with Gasteiger partial charge in [-0.05, 0) is 55.2 Å². The number of nitrogens with one attached hydrogen (secondary N) is 1. The topological polar surface area (TPSA) is 125 Å². The zero-order valence-electron chi connectivity index (χ0n) is 16.2. The molecular weight excluding hydrogens is 386 g/mol. The van der Waals surface area contributed by atoms with E-state index >= 15 is 0 Å². The number of primary amides is 1. The number of urea groups is 1. The molecule has 1 aromatic carbocycles. The van der Waals surface area contributed by atoms with Gasteiger partial charge in [-0.25, -0.2) is 14.6 Å². The second-order valence-corrected chi connectivity index (χ2v) is 6.92. The summed E-state index contributed by atoms with van der Waals surface area (Å²) in [5.74, 6) is -0.742. The SMILES string of the molecule is C[C@H](OC(=O)c1c2c(nc3ccccc13)C(=Cc1ccco1)CC2)C(=O)NC(N)=O. The number of rotatable bonds is 4. The van der Waals surface area contributed by atoms with Crippen LogP contribution in [0.2, 0.25) is 0 Å². The molecule has 0 saturated heterocycles. The standard InChI is InChI=1S/C22H19N3O5/c1-12(20(26)25-22(23)28)30-21(27)18-15-6-2-3-7-17(15)24-19-13(8-9-16(18)19)11-14-5-4-10-29-14/h2-7,10-12H,8-9H2,1H3,(H3,23,25,26,28)/t12-/m0/s1. The number of hydrogen-bond acceptors (Lipinski definition) is 6. The van der Waals surface area contributed by atoms with Crippen LogP contribution in [0.15, 0.2) is 47.1 Å². The van der Waals surface area contributed by atoms with Crippen LogP contribution >= 0.6 is 0 Å². The molecule has 0 aliphatic heterocycles. The summed E-state index contributed by atoms with van der Waals surface area (Å²) in [6, 6.07) is 9.90. The van der Waals surface area contributed by atoms with Crippen LogP contribution < -0.4 is 11.1 Å². The van der Waals surface area contributed by atoms with Crippen molar-refractivity contribution in [2.75, 3.05) is 0 Å². The maximum atomic E-state index is 13.1. The van der Waals surface area contributed by atoms with Gasteiger partial charge < -0.3 is 14.9 Å². The number of pyridine rings is 1. The lowest BCUT2D eigenvalue weighted by molar-refractivity contribution is -0.127. The highest BCUT2D eigenvalue weighted by atomic mass is 16.5. The summed E-state index contributed by atoms with van der Waals surface area (Å²) >= 11 is 0. The molecule has 0 radical (unpaired) electrons. The predicted molar refractivity (Wildman–Crippen MR) is 109 cm³/mol. The van der Waals surface area contributed by atoms with Gasteiger partial charge in [0.05, 0.1) is 23.0 Å². The lowest BCUT2D eigenvalue weighted by Gasteiger charge is -2.15. The Bertz CT molecular complexity index is 1180. The van der Waals surface area contributed by atoms with Gasteiger partial charge >= 0.3 is 12.0 Å². The smallest absolute Gasteiger partial charge is 0.339 e. The lowest BCUT2D eigenvalue weighted by atomic mass is 10.0. The van der Waals surface area contributed by atoms with Crippen LogP contribution in [0.25, 0.3) is 22.6 Å². The van der Waals surface area contributed by atoms with Crippen molar-refractivity contribution in [3.8, 4) is 0 Å². The highest BCUT2D eigenvalue weighted by molar-refractivity contribution is 6.08. The van der Waals surface area contributed by atoms with E-state index in [0.29, 0.717) is 40.8 Å². The van der Waals surface area contributed by atoms with Gasteiger partial charge in [0.15, 0.2) is 6.10 Å². The molecule has 0 saturated carbocycles. The number of nitrogens with two attached hydrogens (primary N) is 1. The minimum absolute atomic E-state index is 0.372. The molecule has 3 aromatic rings. The van der Waals surface area contributed by atoms with Crippen LogP contribution in [0, 0.1) is 0 Å². The van der Waals surface area contributed by atoms with Crippen LogP contribution in [0.5, 0.6) is 0 Å². The average molecular weight is 405 g/mol. The maximum Gasteiger partial charge on any atom is 0.339 e. The van der Waals surface area contributed by atoms with Gasteiger partial charge in [0.2, 0.25) is 0 Å². The summed E-state index contributed by atoms with van der Waals surface area (Å²) in [7, 11) is 0. The van der Waals surface area contributed by atoms with Crippen molar-refractivity contribution in [2.45, 2.75) is 25.9 Å². The van der Waals surface area contributed by atoms with E-state index in [1.165, 1.54) is 6.92 Å². The number of para-hydroxylation sites is 1. The van der Waals surface area contributed by atoms with Gasteiger partial charge in [0.25, 0.3) is 5.91 Å². The van der Waals surface area contributed by atoms with Gasteiger partial charge in [-0.2, -0.15) is 0 Å². The van der Waals surface area contributed by atoms with E-state index in [-0.39, 0.29) is 0 Å². The molecule has 0 fully saturated rings. The molecule has 0 unspecified atom stereocenters. The lowest BCUT2D eigenvalue weighted by Crippen LogP contribution is -2.42. The third-order valence-electron chi connectivity index (χ3n) is 4.91. The molecule has 152 valence electrons. The van der Waals surface area contributed by atoms with Crippen LogP contribution in [-0.4, -0.2) is 29.0 Å². The van der Waals surface area contributed by atoms with E-state index < -0.39 is 24.0 Å². The first-order valence-corrected chi connectivity index (χ1v) is 9.41. The molecule has 1 atom stereocenters. The molecule has 1 aliphatic rings. The maximum absolute atomic E-state index is 13.1. The van der Waals surface area contributed by atoms with Crippen LogP contribution in [0.3, 0.4) is 0 Å². The average Bonchev–Trinajstić information content (AvgIpc) is 3.36. The van der Waals surface area contributed by atoms with Crippen molar-refractivity contribution in [2.24, 2.45) is 5.73 Å². The number of imide groups is 1. The van der Waals surface area contributed by atoms with E-state index in [2.05, 4.69) is 0 Å². The quantitative estimate of drug-likeness (QED) is 0.643. The number of nitrogens with zero attached hydrogens (tertiary/aromatic N) is 1. The second kappa shape index (κ2) is 7.82. The number of amides is 3. The van der Waals surface area contributed by atoms with Crippen LogP contribution in [0.4, 0.5) is 4.79 Å². The fourth-order valence-corrected chi connectivity index (χ4v) is 3.55. The highest BCUT2D eigenvalue weighted by Gasteiger charge is 2.29. The molecule has 1 aliphatic carbocycles. The molecular formula is C22H19N3O5. The van der Waals surface area contributed by atoms with Crippen molar-refractivity contribution in [1.29, 1.82) is 0 Å². The third kappa shape index (κ3) is 3.67. The third-order valence-corrected chi connectivity index (χ3v) is 4.91. The summed E-state index contributed by atoms with van der Waals surface area (Å²) in [6.07, 6.45) is 3.61. The monoisotopic (exact) mass is 405 g/mol. The number of esters is 1. The van der Waals surface area contributed by atoms with E-state index in [1.54, 1.807) is 18.4 Å². The Morgan fingerprint density at radius 3 is 2.73 bits per heavy atom. The van der Waals surface area contributed by atoms with E-state index in [0.717, 1.165) is 11.1 Å². The molecule has 4 rings (SSSR count). The Labute approximate surface area is 171 Å². The predicted octanol–water partition coefficient (Wildman–Crippen LogP) is 3.05. The van der Waals surface area contributed by atoms with E-state index in [1.807, 2.05) is 35.7 Å². The Balaban J connectivity index is 1.75. The van der Waals surface area contributed by atoms with Gasteiger partial charge in [-0.3, -0.25) is 10.1 Å². The number of benzene rings is 1. The fourth-order valence-electron chi connectivity index (χ4n) is 3.55. The molecule has 0 bridgehead atoms. The van der Waals surface area contributed by atoms with Crippen molar-refractivity contribution in [3.05, 3.63) is 65.2 Å². The Morgan fingerprint density at radius 2 is 2.00 bits per heavy atom. The minimum atomic E-state index is -1.19. The number of hydrogen-bond donors (Lipinski definition) is 2. The minimum Gasteiger partial charge on any atom is -0.465 e. The van der Waals surface area contributed by atoms with Crippen LogP contribution in [-0.2, 0) is 16.0 Å². The van der Waals surface area contributed by atoms with Crippen LogP contribution in [0.1, 0.15) is 40.7 Å². The molecule has 2 heterocycles. The van der Waals surface area contributed by atoms with Gasteiger partial charge in [-0.15, -0.1) is 0 Å². The molecule has 8 nitrogen and oxygen atoms in total. The first-order valence-electron chi connectivity index (χ1n) is 9.41. The summed E-state index contributed by atoms with van der Waals surface area (Å²) < 4.78 is 10.8. The van der Waals surface area contributed by atoms with E-state index in [9.17, 15) is 14.4 Å². The first kappa shape index (κ1) is 19.4. The van der Waals surface area contributed by atoms with Crippen molar-refractivity contribution in [1.82, 2.24) is 10.3 Å². The molecule has 3 amide bonds. The first-order chi connectivity index (χ1) is 14.4. The number of carbonyl (C=O) groups excluding carboxylic acids is 3. The Hall–Kier alpha value is -3.94. The molecule has 0 spiro atoms. The summed E-state index contributed by atoms with van der Waals surface area (Å²) in [5, 5.41) is 2.55. The summed E-state index contributed by atoms with van der Waals surface area (Å²) in [5.41, 5.74) is 8.41. The number of aromatic nitrogens is 1. The van der Waals surface area contributed by atoms with Crippen molar-refractivity contribution >= 4 is 40.5 Å². The normalized spacial score (nSPS) is 15.0. The van der Waals surface area contributed by atoms with Crippen molar-refractivity contribution in [3.63, 3.8) is 0 Å². The van der Waals surface area contributed by atoms with Gasteiger partial charge in [0.1, 0.15) is 5.76 Å². The molecule has 3 N–H and O–H groups in total. The molecule has 30 heavy (non-hydrogen) atoms. The van der Waals surface area contributed by atoms with E-state index in [4.69, 9.17) is 19.9 Å². The summed E-state index contributed by atoms with van der Waals surface area (Å²) in [6.45, 7) is 1.38. The second-order valence-electron chi connectivity index (χ2n) is 6.92. The zero-order chi connectivity index (χ0) is 21.3. The number of furan rings is 1. The fraction of sp³-hybridized carbons (Fsp3) is 0.182. The van der Waals surface area contributed by atoms with Crippen molar-refractivity contribution < 1.29 is 23.5 Å². The largest absolute Gasteiger partial charge is 0.465 e. The highest BCUT2D eigenvalue weighted by Crippen LogP contribution is 2.37. The zero-order valence-corrected chi connectivity index (χ0v) is 16.2. The Morgan fingerprint density at radius 1 is 1.20 bits per heavy atom. The molecule has 8 heteroatoms. The molecule has 2 aromatic heterocycles. The number of allylic oxidation sites excluding steroid dienone is 1. The Kier molecular flexibility index (Phi) is 5.05. The number of carbonyl (C=O) groups is 3. The number of fused-ring (bicyclic) bond motifs is 2. The summed E-state index contributed by atoms with van der Waals surface area (Å²) in [4.78, 5) is 40.6. The van der Waals surface area contributed by atoms with Gasteiger partial charge in [0, 0.05) is 5.39 Å². The van der Waals surface area contributed by atoms with Gasteiger partial charge in [-0.1, -0.05) is 18.2 Å². The number of ether oxygens (including phenoxy) is 1.